The third-order valence-corrected chi connectivity index (χ3v) is 4.37. The van der Waals surface area contributed by atoms with Gasteiger partial charge in [-0.25, -0.2) is 0 Å². The average molecular weight is 275 g/mol. The predicted molar refractivity (Wildman–Crippen MR) is 85.5 cm³/mol. The van der Waals surface area contributed by atoms with Gasteiger partial charge in [0.25, 0.3) is 0 Å². The Labute approximate surface area is 123 Å². The lowest BCUT2D eigenvalue weighted by molar-refractivity contribution is 0.367. The van der Waals surface area contributed by atoms with Gasteiger partial charge in [-0.05, 0) is 66.8 Å². The molecule has 1 unspecified atom stereocenters. The number of nitrogens with one attached hydrogen (secondary N) is 1. The largest absolute Gasteiger partial charge is 0.507 e. The van der Waals surface area contributed by atoms with E-state index < -0.39 is 0 Å². The van der Waals surface area contributed by atoms with Crippen molar-refractivity contribution >= 4 is 0 Å². The Kier molecular flexibility index (Phi) is 4.74. The Morgan fingerprint density at radius 3 is 2.60 bits per heavy atom. The second kappa shape index (κ2) is 6.17. The molecule has 0 saturated carbocycles. The summed E-state index contributed by atoms with van der Waals surface area (Å²) in [5.41, 5.74) is 3.57. The molecule has 112 valence electrons. The Morgan fingerprint density at radius 1 is 1.30 bits per heavy atom. The normalized spacial score (nSPS) is 20.1. The third kappa shape index (κ3) is 3.54. The molecule has 1 saturated heterocycles. The number of hydrogen-bond donors (Lipinski definition) is 2. The average Bonchev–Trinajstić information content (AvgIpc) is 2.41. The molecule has 20 heavy (non-hydrogen) atoms. The Morgan fingerprint density at radius 2 is 2.05 bits per heavy atom. The molecule has 1 fully saturated rings. The van der Waals surface area contributed by atoms with E-state index in [4.69, 9.17) is 0 Å². The van der Waals surface area contributed by atoms with E-state index in [1.165, 1.54) is 18.4 Å². The first-order valence-electron chi connectivity index (χ1n) is 7.97. The second-order valence-corrected chi connectivity index (χ2v) is 7.17. The highest BCUT2D eigenvalue weighted by Crippen LogP contribution is 2.36. The van der Waals surface area contributed by atoms with Crippen LogP contribution >= 0.6 is 0 Å². The van der Waals surface area contributed by atoms with Gasteiger partial charge in [0.2, 0.25) is 0 Å². The number of aromatic hydroxyl groups is 1. The van der Waals surface area contributed by atoms with Crippen molar-refractivity contribution in [2.45, 2.75) is 58.8 Å². The number of phenolic OH excluding ortho intramolecular Hbond substituents is 1. The molecule has 2 nitrogen and oxygen atoms in total. The third-order valence-electron chi connectivity index (χ3n) is 4.37. The van der Waals surface area contributed by atoms with Crippen molar-refractivity contribution in [2.75, 3.05) is 13.1 Å². The van der Waals surface area contributed by atoms with E-state index in [1.807, 2.05) is 0 Å². The summed E-state index contributed by atoms with van der Waals surface area (Å²) in [6.07, 6.45) is 4.55. The molecule has 2 N–H and O–H groups in total. The van der Waals surface area contributed by atoms with Crippen molar-refractivity contribution in [2.24, 2.45) is 5.92 Å². The van der Waals surface area contributed by atoms with Gasteiger partial charge in [-0.2, -0.15) is 0 Å². The Balaban J connectivity index is 2.31. The van der Waals surface area contributed by atoms with Crippen LogP contribution in [0.15, 0.2) is 12.1 Å². The van der Waals surface area contributed by atoms with Crippen LogP contribution in [0.4, 0.5) is 0 Å². The van der Waals surface area contributed by atoms with Crippen LogP contribution in [0.1, 0.15) is 57.2 Å². The lowest BCUT2D eigenvalue weighted by atomic mass is 9.82. The molecule has 0 amide bonds. The first-order valence-corrected chi connectivity index (χ1v) is 7.97. The summed E-state index contributed by atoms with van der Waals surface area (Å²) in [6, 6.07) is 4.39. The SMILES string of the molecule is CCc1cc(CC2CCCNC2)c(O)c(C(C)(C)C)c1. The van der Waals surface area contributed by atoms with E-state index in [1.54, 1.807) is 0 Å². The summed E-state index contributed by atoms with van der Waals surface area (Å²) >= 11 is 0. The highest BCUT2D eigenvalue weighted by Gasteiger charge is 2.23. The van der Waals surface area contributed by atoms with E-state index in [0.717, 1.165) is 37.1 Å². The molecule has 1 aromatic carbocycles. The van der Waals surface area contributed by atoms with E-state index in [2.05, 4.69) is 45.1 Å². The van der Waals surface area contributed by atoms with Crippen molar-refractivity contribution in [3.05, 3.63) is 28.8 Å². The quantitative estimate of drug-likeness (QED) is 0.879. The zero-order valence-electron chi connectivity index (χ0n) is 13.4. The highest BCUT2D eigenvalue weighted by molar-refractivity contribution is 5.47. The zero-order chi connectivity index (χ0) is 14.8. The van der Waals surface area contributed by atoms with Crippen molar-refractivity contribution in [1.29, 1.82) is 0 Å². The monoisotopic (exact) mass is 275 g/mol. The molecule has 0 aromatic heterocycles. The topological polar surface area (TPSA) is 32.3 Å². The number of phenols is 1. The van der Waals surface area contributed by atoms with Gasteiger partial charge in [0.05, 0.1) is 0 Å². The fraction of sp³-hybridized carbons (Fsp3) is 0.667. The number of aryl methyl sites for hydroxylation is 1. The van der Waals surface area contributed by atoms with Crippen molar-refractivity contribution < 1.29 is 5.11 Å². The molecule has 2 rings (SSSR count). The summed E-state index contributed by atoms with van der Waals surface area (Å²) in [7, 11) is 0. The minimum absolute atomic E-state index is 0.00513. The first-order chi connectivity index (χ1) is 9.41. The first kappa shape index (κ1) is 15.4. The highest BCUT2D eigenvalue weighted by atomic mass is 16.3. The van der Waals surface area contributed by atoms with Crippen LogP contribution in [0.5, 0.6) is 5.75 Å². The van der Waals surface area contributed by atoms with E-state index in [0.29, 0.717) is 11.7 Å². The van der Waals surface area contributed by atoms with Crippen LogP contribution < -0.4 is 5.32 Å². The predicted octanol–water partition coefficient (Wildman–Crippen LogP) is 3.79. The van der Waals surface area contributed by atoms with Gasteiger partial charge in [0.1, 0.15) is 5.75 Å². The lowest BCUT2D eigenvalue weighted by Crippen LogP contribution is -2.31. The van der Waals surface area contributed by atoms with Gasteiger partial charge in [-0.15, -0.1) is 0 Å². The molecule has 1 aliphatic rings. The molecule has 0 bridgehead atoms. The Bertz CT molecular complexity index is 453. The number of benzene rings is 1. The molecule has 0 radical (unpaired) electrons. The minimum Gasteiger partial charge on any atom is -0.507 e. The van der Waals surface area contributed by atoms with Crippen LogP contribution in [0.2, 0.25) is 0 Å². The minimum atomic E-state index is -0.00513. The van der Waals surface area contributed by atoms with Crippen LogP contribution in [-0.2, 0) is 18.3 Å². The van der Waals surface area contributed by atoms with Crippen molar-refractivity contribution in [3.63, 3.8) is 0 Å². The molecule has 1 heterocycles. The van der Waals surface area contributed by atoms with Gasteiger partial charge in [0, 0.05) is 0 Å². The summed E-state index contributed by atoms with van der Waals surface area (Å²) in [5, 5.41) is 14.1. The van der Waals surface area contributed by atoms with Gasteiger partial charge in [-0.3, -0.25) is 0 Å². The maximum atomic E-state index is 10.7. The lowest BCUT2D eigenvalue weighted by Gasteiger charge is -2.26. The van der Waals surface area contributed by atoms with Crippen LogP contribution in [-0.4, -0.2) is 18.2 Å². The van der Waals surface area contributed by atoms with E-state index in [-0.39, 0.29) is 5.41 Å². The summed E-state index contributed by atoms with van der Waals surface area (Å²) in [5.74, 6) is 1.19. The fourth-order valence-electron chi connectivity index (χ4n) is 3.10. The Hall–Kier alpha value is -1.02. The van der Waals surface area contributed by atoms with Gasteiger partial charge in [0.15, 0.2) is 0 Å². The number of piperidine rings is 1. The molecule has 1 aliphatic heterocycles. The molecular formula is C18H29NO. The molecular weight excluding hydrogens is 246 g/mol. The number of rotatable bonds is 3. The van der Waals surface area contributed by atoms with Gasteiger partial charge in [-0.1, -0.05) is 39.8 Å². The van der Waals surface area contributed by atoms with Gasteiger partial charge < -0.3 is 10.4 Å². The van der Waals surface area contributed by atoms with Crippen molar-refractivity contribution in [3.8, 4) is 5.75 Å². The zero-order valence-corrected chi connectivity index (χ0v) is 13.4. The van der Waals surface area contributed by atoms with E-state index >= 15 is 0 Å². The van der Waals surface area contributed by atoms with Gasteiger partial charge >= 0.3 is 0 Å². The number of hydrogen-bond acceptors (Lipinski definition) is 2. The smallest absolute Gasteiger partial charge is 0.122 e. The molecule has 2 heteroatoms. The summed E-state index contributed by atoms with van der Waals surface area (Å²) < 4.78 is 0. The van der Waals surface area contributed by atoms with E-state index in [9.17, 15) is 5.11 Å². The summed E-state index contributed by atoms with van der Waals surface area (Å²) in [4.78, 5) is 0. The summed E-state index contributed by atoms with van der Waals surface area (Å²) in [6.45, 7) is 10.9. The second-order valence-electron chi connectivity index (χ2n) is 7.17. The standard InChI is InChI=1S/C18H29NO/c1-5-13-9-15(10-14-7-6-8-19-12-14)17(20)16(11-13)18(2,3)4/h9,11,14,19-20H,5-8,10,12H2,1-4H3. The maximum absolute atomic E-state index is 10.7. The maximum Gasteiger partial charge on any atom is 0.122 e. The van der Waals surface area contributed by atoms with Crippen LogP contribution in [0, 0.1) is 5.92 Å². The molecule has 0 spiro atoms. The molecule has 0 aliphatic carbocycles. The van der Waals surface area contributed by atoms with Crippen LogP contribution in [0.3, 0.4) is 0 Å². The van der Waals surface area contributed by atoms with Crippen LogP contribution in [0.25, 0.3) is 0 Å². The molecule has 1 aromatic rings. The molecule has 1 atom stereocenters. The fourth-order valence-corrected chi connectivity index (χ4v) is 3.10. The van der Waals surface area contributed by atoms with Crippen molar-refractivity contribution in [1.82, 2.24) is 5.32 Å².